The molecular formula is C19H32N4O10. The zero-order valence-electron chi connectivity index (χ0n) is 18.6. The molecular weight excluding hydrogens is 444 g/mol. The summed E-state index contributed by atoms with van der Waals surface area (Å²) in [5.41, 5.74) is 5.60. The topological polar surface area (TPSA) is 245 Å². The molecule has 0 radical (unpaired) electrons. The summed E-state index contributed by atoms with van der Waals surface area (Å²) in [6.45, 7) is 4.25. The first-order valence-corrected chi connectivity index (χ1v) is 10.2. The van der Waals surface area contributed by atoms with Crippen LogP contribution in [0.25, 0.3) is 0 Å². The lowest BCUT2D eigenvalue weighted by Crippen LogP contribution is -2.60. The molecule has 0 spiro atoms. The summed E-state index contributed by atoms with van der Waals surface area (Å²) in [5, 5.41) is 43.3. The summed E-state index contributed by atoms with van der Waals surface area (Å²) in [6.07, 6.45) is -3.05. The Morgan fingerprint density at radius 3 is 1.64 bits per heavy atom. The van der Waals surface area contributed by atoms with E-state index in [-0.39, 0.29) is 6.42 Å². The summed E-state index contributed by atoms with van der Waals surface area (Å²) in [4.78, 5) is 70.3. The molecule has 0 aliphatic carbocycles. The second-order valence-electron chi connectivity index (χ2n) is 7.83. The fraction of sp³-hybridized carbons (Fsp3) is 0.684. The number of aliphatic carboxylic acids is 3. The maximum absolute atomic E-state index is 12.7. The molecule has 5 unspecified atom stereocenters. The van der Waals surface area contributed by atoms with Crippen LogP contribution in [-0.4, -0.2) is 86.3 Å². The number of rotatable bonds is 15. The van der Waals surface area contributed by atoms with Gasteiger partial charge in [0.15, 0.2) is 0 Å². The largest absolute Gasteiger partial charge is 0.481 e. The Hall–Kier alpha value is -3.26. The second-order valence-corrected chi connectivity index (χ2v) is 7.83. The van der Waals surface area contributed by atoms with E-state index in [9.17, 15) is 39.0 Å². The van der Waals surface area contributed by atoms with Gasteiger partial charge in [-0.1, -0.05) is 13.8 Å². The van der Waals surface area contributed by atoms with Gasteiger partial charge in [0.05, 0.1) is 12.1 Å². The van der Waals surface area contributed by atoms with Gasteiger partial charge in [-0.05, 0) is 25.7 Å². The summed E-state index contributed by atoms with van der Waals surface area (Å²) in [6, 6.07) is -5.67. The number of hydrogen-bond donors (Lipinski definition) is 8. The van der Waals surface area contributed by atoms with Crippen LogP contribution in [-0.2, 0) is 28.8 Å². The van der Waals surface area contributed by atoms with E-state index in [2.05, 4.69) is 16.0 Å². The monoisotopic (exact) mass is 476 g/mol. The Balaban J connectivity index is 5.46. The van der Waals surface area contributed by atoms with Gasteiger partial charge < -0.3 is 42.1 Å². The lowest BCUT2D eigenvalue weighted by Gasteiger charge is -2.27. The molecule has 0 saturated carbocycles. The third-order valence-corrected chi connectivity index (χ3v) is 4.58. The highest BCUT2D eigenvalue weighted by Crippen LogP contribution is 2.06. The molecule has 0 saturated heterocycles. The maximum atomic E-state index is 12.7. The predicted molar refractivity (Wildman–Crippen MR) is 112 cm³/mol. The minimum Gasteiger partial charge on any atom is -0.481 e. The Morgan fingerprint density at radius 1 is 0.727 bits per heavy atom. The van der Waals surface area contributed by atoms with Crippen LogP contribution >= 0.6 is 0 Å². The zero-order valence-corrected chi connectivity index (χ0v) is 18.6. The highest BCUT2D eigenvalue weighted by Gasteiger charge is 2.33. The average molecular weight is 476 g/mol. The fourth-order valence-corrected chi connectivity index (χ4v) is 2.64. The van der Waals surface area contributed by atoms with Crippen LogP contribution < -0.4 is 21.7 Å². The minimum atomic E-state index is -1.61. The molecule has 14 nitrogen and oxygen atoms in total. The van der Waals surface area contributed by atoms with Crippen LogP contribution in [0.3, 0.4) is 0 Å². The normalized spacial score (nSPS) is 15.5. The van der Waals surface area contributed by atoms with Crippen molar-refractivity contribution in [1.82, 2.24) is 16.0 Å². The zero-order chi connectivity index (χ0) is 25.9. The number of hydrogen-bond acceptors (Lipinski definition) is 8. The lowest BCUT2D eigenvalue weighted by molar-refractivity contribution is -0.144. The van der Waals surface area contributed by atoms with E-state index in [0.717, 1.165) is 0 Å². The molecule has 33 heavy (non-hydrogen) atoms. The van der Waals surface area contributed by atoms with Gasteiger partial charge in [0.25, 0.3) is 0 Å². The lowest BCUT2D eigenvalue weighted by atomic mass is 10.0. The van der Waals surface area contributed by atoms with E-state index >= 15 is 0 Å². The molecule has 0 aliphatic heterocycles. The number of aliphatic hydroxyl groups excluding tert-OH is 1. The van der Waals surface area contributed by atoms with Gasteiger partial charge in [-0.15, -0.1) is 0 Å². The molecule has 0 aromatic rings. The molecule has 0 aromatic carbocycles. The molecule has 0 heterocycles. The highest BCUT2D eigenvalue weighted by atomic mass is 16.4. The van der Waals surface area contributed by atoms with E-state index in [4.69, 9.17) is 15.9 Å². The van der Waals surface area contributed by atoms with Crippen molar-refractivity contribution in [3.05, 3.63) is 0 Å². The quantitative estimate of drug-likeness (QED) is 0.124. The van der Waals surface area contributed by atoms with Crippen LogP contribution in [0.4, 0.5) is 0 Å². The maximum Gasteiger partial charge on any atom is 0.326 e. The van der Waals surface area contributed by atoms with Gasteiger partial charge in [0.1, 0.15) is 18.1 Å². The van der Waals surface area contributed by atoms with Crippen molar-refractivity contribution in [1.29, 1.82) is 0 Å². The molecule has 0 aliphatic rings. The standard InChI is InChI=1S/C19H32N4O10/c1-8(2)14(19(32)33)22-18(31)15(9(3)24)23-17(30)11(5-7-13(27)28)21-16(29)10(20)4-6-12(25)26/h8-11,14-15,24H,4-7,20H2,1-3H3,(H,21,29)(H,22,31)(H,23,30)(H,25,26)(H,27,28)(H,32,33). The molecule has 188 valence electrons. The fourth-order valence-electron chi connectivity index (χ4n) is 2.64. The minimum absolute atomic E-state index is 0.237. The highest BCUT2D eigenvalue weighted by molar-refractivity contribution is 5.94. The number of carboxylic acid groups (broad SMARTS) is 3. The predicted octanol–water partition coefficient (Wildman–Crippen LogP) is -2.38. The van der Waals surface area contributed by atoms with Crippen molar-refractivity contribution in [2.24, 2.45) is 11.7 Å². The van der Waals surface area contributed by atoms with Gasteiger partial charge in [-0.2, -0.15) is 0 Å². The second kappa shape index (κ2) is 14.0. The van der Waals surface area contributed by atoms with Gasteiger partial charge in [-0.3, -0.25) is 24.0 Å². The number of amides is 3. The summed E-state index contributed by atoms with van der Waals surface area (Å²) in [7, 11) is 0. The van der Waals surface area contributed by atoms with Crippen LogP contribution in [0, 0.1) is 5.92 Å². The summed E-state index contributed by atoms with van der Waals surface area (Å²) in [5.74, 6) is -7.23. The van der Waals surface area contributed by atoms with Crippen LogP contribution in [0.2, 0.25) is 0 Å². The molecule has 0 aromatic heterocycles. The van der Waals surface area contributed by atoms with Gasteiger partial charge in [0, 0.05) is 12.8 Å². The van der Waals surface area contributed by atoms with E-state index < -0.39 is 91.1 Å². The Morgan fingerprint density at radius 2 is 1.21 bits per heavy atom. The van der Waals surface area contributed by atoms with Crippen molar-refractivity contribution in [3.63, 3.8) is 0 Å². The Bertz CT molecular complexity index is 740. The Kier molecular flexibility index (Phi) is 12.6. The third-order valence-electron chi connectivity index (χ3n) is 4.58. The summed E-state index contributed by atoms with van der Waals surface area (Å²) < 4.78 is 0. The first-order chi connectivity index (χ1) is 15.2. The molecule has 14 heteroatoms. The van der Waals surface area contributed by atoms with E-state index in [1.54, 1.807) is 13.8 Å². The van der Waals surface area contributed by atoms with Crippen LogP contribution in [0.5, 0.6) is 0 Å². The smallest absolute Gasteiger partial charge is 0.326 e. The van der Waals surface area contributed by atoms with E-state index in [1.807, 2.05) is 0 Å². The van der Waals surface area contributed by atoms with Crippen LogP contribution in [0.15, 0.2) is 0 Å². The molecule has 0 fully saturated rings. The molecule has 9 N–H and O–H groups in total. The SMILES string of the molecule is CC(C)C(NC(=O)C(NC(=O)C(CCC(=O)O)NC(=O)C(N)CCC(=O)O)C(C)O)C(=O)O. The first-order valence-electron chi connectivity index (χ1n) is 10.2. The molecule has 5 atom stereocenters. The van der Waals surface area contributed by atoms with Crippen molar-refractivity contribution < 1.29 is 49.2 Å². The van der Waals surface area contributed by atoms with Crippen molar-refractivity contribution in [3.8, 4) is 0 Å². The van der Waals surface area contributed by atoms with Crippen LogP contribution in [0.1, 0.15) is 46.5 Å². The van der Waals surface area contributed by atoms with Gasteiger partial charge in [0.2, 0.25) is 17.7 Å². The Labute approximate surface area is 189 Å². The van der Waals surface area contributed by atoms with Crippen molar-refractivity contribution in [2.45, 2.75) is 76.7 Å². The molecule has 3 amide bonds. The first kappa shape index (κ1) is 29.7. The number of carboxylic acids is 3. The number of aliphatic hydroxyl groups is 1. The molecule has 0 rings (SSSR count). The van der Waals surface area contributed by atoms with Crippen molar-refractivity contribution in [2.75, 3.05) is 0 Å². The van der Waals surface area contributed by atoms with Gasteiger partial charge in [-0.25, -0.2) is 4.79 Å². The van der Waals surface area contributed by atoms with Crippen molar-refractivity contribution >= 4 is 35.6 Å². The van der Waals surface area contributed by atoms with Gasteiger partial charge >= 0.3 is 17.9 Å². The third kappa shape index (κ3) is 11.2. The number of nitrogens with two attached hydrogens (primary N) is 1. The number of carbonyl (C=O) groups excluding carboxylic acids is 3. The summed E-state index contributed by atoms with van der Waals surface area (Å²) >= 11 is 0. The number of nitrogens with one attached hydrogen (secondary N) is 3. The average Bonchev–Trinajstić information content (AvgIpc) is 2.69. The van der Waals surface area contributed by atoms with E-state index in [0.29, 0.717) is 0 Å². The molecule has 0 bridgehead atoms. The van der Waals surface area contributed by atoms with E-state index in [1.165, 1.54) is 6.92 Å². The number of carbonyl (C=O) groups is 6.